The van der Waals surface area contributed by atoms with Crippen LogP contribution in [0.5, 0.6) is 11.5 Å². The van der Waals surface area contributed by atoms with Crippen molar-refractivity contribution in [2.75, 3.05) is 18.6 Å². The van der Waals surface area contributed by atoms with Crippen LogP contribution in [0.3, 0.4) is 0 Å². The number of hydrogen-bond acceptors (Lipinski definition) is 4. The van der Waals surface area contributed by atoms with Crippen molar-refractivity contribution < 1.29 is 14.3 Å². The summed E-state index contributed by atoms with van der Waals surface area (Å²) >= 11 is 1.90. The average molecular weight is 315 g/mol. The Morgan fingerprint density at radius 2 is 2.00 bits per heavy atom. The van der Waals surface area contributed by atoms with Crippen molar-refractivity contribution in [1.82, 2.24) is 5.32 Å². The van der Waals surface area contributed by atoms with Gasteiger partial charge in [0, 0.05) is 18.2 Å². The molecule has 1 N–H and O–H groups in total. The molecule has 0 saturated carbocycles. The van der Waals surface area contributed by atoms with E-state index in [1.54, 1.807) is 7.11 Å². The first-order chi connectivity index (χ1) is 10.7. The van der Waals surface area contributed by atoms with E-state index >= 15 is 0 Å². The van der Waals surface area contributed by atoms with Gasteiger partial charge in [-0.25, -0.2) is 0 Å². The van der Waals surface area contributed by atoms with E-state index < -0.39 is 5.72 Å². The lowest BCUT2D eigenvalue weighted by Gasteiger charge is -2.41. The number of fused-ring (bicyclic) bond motifs is 3. The maximum absolute atomic E-state index is 12.5. The summed E-state index contributed by atoms with van der Waals surface area (Å²) < 4.78 is 11.7. The molecule has 1 saturated heterocycles. The van der Waals surface area contributed by atoms with Gasteiger partial charge in [-0.1, -0.05) is 12.1 Å². The molecule has 0 unspecified atom stereocenters. The highest BCUT2D eigenvalue weighted by molar-refractivity contribution is 7.99. The molecule has 2 aromatic carbocycles. The highest BCUT2D eigenvalue weighted by Crippen LogP contribution is 2.40. The van der Waals surface area contributed by atoms with Crippen molar-refractivity contribution in [3.05, 3.63) is 35.9 Å². The van der Waals surface area contributed by atoms with Crippen LogP contribution < -0.4 is 14.8 Å². The molecule has 5 heteroatoms. The Balaban J connectivity index is 1.88. The molecule has 2 aromatic rings. The van der Waals surface area contributed by atoms with E-state index in [4.69, 9.17) is 9.47 Å². The molecule has 0 atom stereocenters. The van der Waals surface area contributed by atoms with Gasteiger partial charge in [-0.2, -0.15) is 11.8 Å². The van der Waals surface area contributed by atoms with Gasteiger partial charge >= 0.3 is 0 Å². The molecule has 0 aliphatic carbocycles. The van der Waals surface area contributed by atoms with E-state index in [1.165, 1.54) is 0 Å². The Kier molecular flexibility index (Phi) is 3.18. The SMILES string of the molecule is COc1ccc2ccc3c(c2c1)OC1(CCSCC1)NC3=O. The molecule has 2 aliphatic heterocycles. The van der Waals surface area contributed by atoms with Crippen molar-refractivity contribution in [1.29, 1.82) is 0 Å². The molecule has 0 bridgehead atoms. The molecule has 22 heavy (non-hydrogen) atoms. The third-order valence-electron chi connectivity index (χ3n) is 4.36. The zero-order chi connectivity index (χ0) is 15.2. The lowest BCUT2D eigenvalue weighted by atomic mass is 9.98. The third kappa shape index (κ3) is 2.11. The monoisotopic (exact) mass is 315 g/mol. The number of carbonyl (C=O) groups excluding carboxylic acids is 1. The number of amides is 1. The molecule has 0 aromatic heterocycles. The maximum atomic E-state index is 12.5. The van der Waals surface area contributed by atoms with Gasteiger partial charge in [-0.3, -0.25) is 4.79 Å². The van der Waals surface area contributed by atoms with Crippen LogP contribution in [-0.4, -0.2) is 30.2 Å². The zero-order valence-electron chi connectivity index (χ0n) is 12.3. The molecule has 2 aliphatic rings. The maximum Gasteiger partial charge on any atom is 0.258 e. The Morgan fingerprint density at radius 3 is 2.77 bits per heavy atom. The first-order valence-corrected chi connectivity index (χ1v) is 8.56. The highest BCUT2D eigenvalue weighted by Gasteiger charge is 2.41. The largest absolute Gasteiger partial charge is 0.497 e. The van der Waals surface area contributed by atoms with Gasteiger partial charge in [-0.15, -0.1) is 0 Å². The zero-order valence-corrected chi connectivity index (χ0v) is 13.2. The van der Waals surface area contributed by atoms with Crippen LogP contribution in [0.4, 0.5) is 0 Å². The lowest BCUT2D eigenvalue weighted by molar-refractivity contribution is 0.0138. The van der Waals surface area contributed by atoms with Crippen molar-refractivity contribution in [3.8, 4) is 11.5 Å². The summed E-state index contributed by atoms with van der Waals surface area (Å²) in [6.45, 7) is 0. The van der Waals surface area contributed by atoms with Crippen LogP contribution in [-0.2, 0) is 0 Å². The smallest absolute Gasteiger partial charge is 0.258 e. The van der Waals surface area contributed by atoms with E-state index in [0.29, 0.717) is 11.3 Å². The van der Waals surface area contributed by atoms with Gasteiger partial charge in [0.25, 0.3) is 5.91 Å². The van der Waals surface area contributed by atoms with Gasteiger partial charge in [0.1, 0.15) is 11.5 Å². The number of hydrogen-bond donors (Lipinski definition) is 1. The summed E-state index contributed by atoms with van der Waals surface area (Å²) in [4.78, 5) is 12.5. The number of ether oxygens (including phenoxy) is 2. The van der Waals surface area contributed by atoms with E-state index in [0.717, 1.165) is 40.9 Å². The van der Waals surface area contributed by atoms with Crippen molar-refractivity contribution in [3.63, 3.8) is 0 Å². The van der Waals surface area contributed by atoms with Gasteiger partial charge in [0.15, 0.2) is 5.72 Å². The summed E-state index contributed by atoms with van der Waals surface area (Å²) in [5, 5.41) is 5.06. The van der Waals surface area contributed by atoms with E-state index in [9.17, 15) is 4.79 Å². The van der Waals surface area contributed by atoms with Crippen LogP contribution in [0.2, 0.25) is 0 Å². The summed E-state index contributed by atoms with van der Waals surface area (Å²) in [5.74, 6) is 3.42. The van der Waals surface area contributed by atoms with Crippen molar-refractivity contribution >= 4 is 28.4 Å². The topological polar surface area (TPSA) is 47.6 Å². The Bertz CT molecular complexity index is 753. The second-order valence-corrected chi connectivity index (χ2v) is 6.92. The standard InChI is InChI=1S/C17H17NO3S/c1-20-12-4-2-11-3-5-13-15(14(11)10-12)21-17(18-16(13)19)6-8-22-9-7-17/h2-5,10H,6-9H2,1H3,(H,18,19). The average Bonchev–Trinajstić information content (AvgIpc) is 2.55. The number of benzene rings is 2. The van der Waals surface area contributed by atoms with Crippen molar-refractivity contribution in [2.24, 2.45) is 0 Å². The third-order valence-corrected chi connectivity index (χ3v) is 5.35. The van der Waals surface area contributed by atoms with E-state index in [-0.39, 0.29) is 5.91 Å². The number of thioether (sulfide) groups is 1. The quantitative estimate of drug-likeness (QED) is 0.878. The van der Waals surface area contributed by atoms with Gasteiger partial charge < -0.3 is 14.8 Å². The molecule has 0 radical (unpaired) electrons. The highest BCUT2D eigenvalue weighted by atomic mass is 32.2. The fourth-order valence-corrected chi connectivity index (χ4v) is 4.26. The first-order valence-electron chi connectivity index (χ1n) is 7.41. The lowest BCUT2D eigenvalue weighted by Crippen LogP contribution is -2.57. The molecular formula is C17H17NO3S. The first kappa shape index (κ1) is 13.8. The molecule has 4 nitrogen and oxygen atoms in total. The Morgan fingerprint density at radius 1 is 1.23 bits per heavy atom. The number of nitrogens with one attached hydrogen (secondary N) is 1. The van der Waals surface area contributed by atoms with Crippen LogP contribution in [0.1, 0.15) is 23.2 Å². The van der Waals surface area contributed by atoms with Crippen LogP contribution in [0.15, 0.2) is 30.3 Å². The van der Waals surface area contributed by atoms with Crippen LogP contribution in [0, 0.1) is 0 Å². The Labute approximate surface area is 133 Å². The summed E-state index contributed by atoms with van der Waals surface area (Å²) in [5.41, 5.74) is 0.0526. The molecule has 1 fully saturated rings. The minimum atomic E-state index is -0.549. The fourth-order valence-electron chi connectivity index (χ4n) is 3.11. The van der Waals surface area contributed by atoms with Gasteiger partial charge in [-0.05, 0) is 35.1 Å². The van der Waals surface area contributed by atoms with Gasteiger partial charge in [0.2, 0.25) is 0 Å². The Hall–Kier alpha value is -1.88. The number of carbonyl (C=O) groups is 1. The predicted octanol–water partition coefficient (Wildman–Crippen LogP) is 3.19. The summed E-state index contributed by atoms with van der Waals surface area (Å²) in [6.07, 6.45) is 1.67. The summed E-state index contributed by atoms with van der Waals surface area (Å²) in [6, 6.07) is 9.64. The second kappa shape index (κ2) is 5.09. The predicted molar refractivity (Wildman–Crippen MR) is 87.9 cm³/mol. The molecule has 4 rings (SSSR count). The van der Waals surface area contributed by atoms with Crippen LogP contribution in [0.25, 0.3) is 10.8 Å². The normalized spacial score (nSPS) is 19.4. The summed E-state index contributed by atoms with van der Waals surface area (Å²) in [7, 11) is 1.64. The molecule has 2 heterocycles. The van der Waals surface area contributed by atoms with E-state index in [1.807, 2.05) is 42.1 Å². The van der Waals surface area contributed by atoms with Crippen molar-refractivity contribution in [2.45, 2.75) is 18.6 Å². The number of methoxy groups -OCH3 is 1. The molecule has 1 amide bonds. The molecule has 1 spiro atoms. The minimum absolute atomic E-state index is 0.0436. The molecular weight excluding hydrogens is 298 g/mol. The van der Waals surface area contributed by atoms with Gasteiger partial charge in [0.05, 0.1) is 12.7 Å². The number of rotatable bonds is 1. The second-order valence-electron chi connectivity index (χ2n) is 5.69. The fraction of sp³-hybridized carbons (Fsp3) is 0.353. The molecule has 114 valence electrons. The van der Waals surface area contributed by atoms with E-state index in [2.05, 4.69) is 5.32 Å². The minimum Gasteiger partial charge on any atom is -0.497 e. The van der Waals surface area contributed by atoms with Crippen LogP contribution >= 0.6 is 11.8 Å².